The Morgan fingerprint density at radius 2 is 1.78 bits per heavy atom. The van der Waals surface area contributed by atoms with E-state index in [0.717, 1.165) is 16.8 Å². The third-order valence-electron chi connectivity index (χ3n) is 2.90. The van der Waals surface area contributed by atoms with Gasteiger partial charge in [-0.1, -0.05) is 23.8 Å². The van der Waals surface area contributed by atoms with Crippen LogP contribution in [0.4, 0.5) is 5.69 Å². The molecule has 1 N–H and O–H groups in total. The minimum atomic E-state index is 0.740. The molecule has 2 rings (SSSR count). The van der Waals surface area contributed by atoms with E-state index in [9.17, 15) is 0 Å². The maximum absolute atomic E-state index is 4.42. The van der Waals surface area contributed by atoms with E-state index in [1.54, 1.807) is 0 Å². The number of hydrogen-bond donors (Lipinski definition) is 1. The van der Waals surface area contributed by atoms with Gasteiger partial charge in [0.25, 0.3) is 0 Å². The molecule has 0 fully saturated rings. The highest BCUT2D eigenvalue weighted by molar-refractivity contribution is 9.10. The summed E-state index contributed by atoms with van der Waals surface area (Å²) in [4.78, 5) is 4.42. The van der Waals surface area contributed by atoms with E-state index < -0.39 is 0 Å². The average molecular weight is 305 g/mol. The van der Waals surface area contributed by atoms with Crippen molar-refractivity contribution in [2.24, 2.45) is 0 Å². The van der Waals surface area contributed by atoms with Crippen LogP contribution in [0.1, 0.15) is 22.4 Å². The molecule has 2 nitrogen and oxygen atoms in total. The van der Waals surface area contributed by atoms with Gasteiger partial charge in [0.05, 0.1) is 12.2 Å². The lowest BCUT2D eigenvalue weighted by Crippen LogP contribution is -2.04. The summed E-state index contributed by atoms with van der Waals surface area (Å²) in [6.07, 6.45) is 0. The van der Waals surface area contributed by atoms with Crippen LogP contribution in [0.25, 0.3) is 0 Å². The van der Waals surface area contributed by atoms with Crippen molar-refractivity contribution in [3.05, 3.63) is 57.3 Å². The highest BCUT2D eigenvalue weighted by Crippen LogP contribution is 2.22. The lowest BCUT2D eigenvalue weighted by molar-refractivity contribution is 1.02. The fourth-order valence-electron chi connectivity index (χ4n) is 2.19. The van der Waals surface area contributed by atoms with Crippen molar-refractivity contribution in [3.8, 4) is 0 Å². The van der Waals surface area contributed by atoms with Crippen molar-refractivity contribution in [3.63, 3.8) is 0 Å². The second-order valence-corrected chi connectivity index (χ2v) is 5.39. The van der Waals surface area contributed by atoms with E-state index in [1.165, 1.54) is 22.4 Å². The van der Waals surface area contributed by atoms with Crippen molar-refractivity contribution in [1.82, 2.24) is 4.98 Å². The number of anilines is 1. The minimum Gasteiger partial charge on any atom is -0.379 e. The van der Waals surface area contributed by atoms with E-state index in [4.69, 9.17) is 0 Å². The summed E-state index contributed by atoms with van der Waals surface area (Å²) in [6, 6.07) is 10.4. The molecule has 0 saturated carbocycles. The molecular formula is C15H17BrN2. The lowest BCUT2D eigenvalue weighted by Gasteiger charge is -2.13. The molecular weight excluding hydrogens is 288 g/mol. The maximum Gasteiger partial charge on any atom is 0.106 e. The van der Waals surface area contributed by atoms with Crippen LogP contribution in [0.2, 0.25) is 0 Å². The Morgan fingerprint density at radius 1 is 1.11 bits per heavy atom. The molecule has 0 atom stereocenters. The van der Waals surface area contributed by atoms with Crippen LogP contribution in [0.5, 0.6) is 0 Å². The third-order valence-corrected chi connectivity index (χ3v) is 3.34. The van der Waals surface area contributed by atoms with Gasteiger partial charge in [0.2, 0.25) is 0 Å². The summed E-state index contributed by atoms with van der Waals surface area (Å²) in [5.41, 5.74) is 6.10. The topological polar surface area (TPSA) is 24.9 Å². The monoisotopic (exact) mass is 304 g/mol. The molecule has 0 radical (unpaired) electrons. The Morgan fingerprint density at radius 3 is 2.39 bits per heavy atom. The van der Waals surface area contributed by atoms with Gasteiger partial charge >= 0.3 is 0 Å². The summed E-state index contributed by atoms with van der Waals surface area (Å²) < 4.78 is 0.874. The number of rotatable bonds is 3. The first kappa shape index (κ1) is 13.1. The second kappa shape index (κ2) is 5.53. The van der Waals surface area contributed by atoms with Gasteiger partial charge in [0.15, 0.2) is 0 Å². The molecule has 1 heterocycles. The molecule has 0 aliphatic rings. The van der Waals surface area contributed by atoms with Gasteiger partial charge in [0.1, 0.15) is 4.60 Å². The molecule has 0 aliphatic carbocycles. The lowest BCUT2D eigenvalue weighted by atomic mass is 10.1. The molecule has 1 aromatic heterocycles. The van der Waals surface area contributed by atoms with Gasteiger partial charge in [0, 0.05) is 5.69 Å². The summed E-state index contributed by atoms with van der Waals surface area (Å²) in [5, 5.41) is 3.47. The van der Waals surface area contributed by atoms with Gasteiger partial charge in [-0.25, -0.2) is 4.98 Å². The molecule has 3 heteroatoms. The molecule has 0 unspecified atom stereocenters. The zero-order valence-electron chi connectivity index (χ0n) is 10.9. The Kier molecular flexibility index (Phi) is 4.02. The van der Waals surface area contributed by atoms with Crippen molar-refractivity contribution in [2.45, 2.75) is 27.3 Å². The van der Waals surface area contributed by atoms with Crippen molar-refractivity contribution in [2.75, 3.05) is 5.32 Å². The number of aryl methyl sites for hydroxylation is 3. The first-order chi connectivity index (χ1) is 8.56. The number of benzene rings is 1. The molecule has 1 aromatic carbocycles. The summed E-state index contributed by atoms with van der Waals surface area (Å²) in [5.74, 6) is 0. The van der Waals surface area contributed by atoms with E-state index in [1.807, 2.05) is 18.2 Å². The minimum absolute atomic E-state index is 0.740. The first-order valence-corrected chi connectivity index (χ1v) is 6.79. The Balaban J connectivity index is 2.16. The second-order valence-electron chi connectivity index (χ2n) is 4.58. The van der Waals surface area contributed by atoms with Gasteiger partial charge in [-0.05, 0) is 60.0 Å². The van der Waals surface area contributed by atoms with Crippen molar-refractivity contribution in [1.29, 1.82) is 0 Å². The van der Waals surface area contributed by atoms with Crippen molar-refractivity contribution < 1.29 is 0 Å². The van der Waals surface area contributed by atoms with Gasteiger partial charge in [-0.15, -0.1) is 0 Å². The van der Waals surface area contributed by atoms with E-state index in [0.29, 0.717) is 0 Å². The molecule has 0 aliphatic heterocycles. The molecule has 2 aromatic rings. The van der Waals surface area contributed by atoms with Crippen LogP contribution in [0, 0.1) is 20.8 Å². The van der Waals surface area contributed by atoms with Gasteiger partial charge < -0.3 is 5.32 Å². The standard InChI is InChI=1S/C15H17BrN2/c1-10-7-11(2)15(12(3)8-10)17-9-13-5-4-6-14(16)18-13/h4-8,17H,9H2,1-3H3. The molecule has 0 bridgehead atoms. The number of pyridine rings is 1. The van der Waals surface area contributed by atoms with Crippen LogP contribution in [0.3, 0.4) is 0 Å². The van der Waals surface area contributed by atoms with E-state index >= 15 is 0 Å². The Hall–Kier alpha value is -1.35. The van der Waals surface area contributed by atoms with Gasteiger partial charge in [-0.3, -0.25) is 0 Å². The normalized spacial score (nSPS) is 10.4. The van der Waals surface area contributed by atoms with Crippen LogP contribution in [-0.2, 0) is 6.54 Å². The van der Waals surface area contributed by atoms with Crippen LogP contribution in [0.15, 0.2) is 34.9 Å². The quantitative estimate of drug-likeness (QED) is 0.851. The fraction of sp³-hybridized carbons (Fsp3) is 0.267. The SMILES string of the molecule is Cc1cc(C)c(NCc2cccc(Br)n2)c(C)c1. The number of halogens is 1. The number of hydrogen-bond acceptors (Lipinski definition) is 2. The number of nitrogens with zero attached hydrogens (tertiary/aromatic N) is 1. The highest BCUT2D eigenvalue weighted by Gasteiger charge is 2.04. The molecule has 0 saturated heterocycles. The number of nitrogens with one attached hydrogen (secondary N) is 1. The molecule has 94 valence electrons. The maximum atomic E-state index is 4.42. The van der Waals surface area contributed by atoms with Crippen LogP contribution < -0.4 is 5.32 Å². The summed E-state index contributed by atoms with van der Waals surface area (Å²) in [7, 11) is 0. The smallest absolute Gasteiger partial charge is 0.106 e. The predicted molar refractivity (Wildman–Crippen MR) is 79.9 cm³/mol. The largest absolute Gasteiger partial charge is 0.379 e. The zero-order chi connectivity index (χ0) is 13.1. The summed E-state index contributed by atoms with van der Waals surface area (Å²) >= 11 is 3.39. The Bertz CT molecular complexity index is 541. The van der Waals surface area contributed by atoms with Crippen LogP contribution >= 0.6 is 15.9 Å². The van der Waals surface area contributed by atoms with Crippen molar-refractivity contribution >= 4 is 21.6 Å². The first-order valence-electron chi connectivity index (χ1n) is 5.99. The molecule has 0 spiro atoms. The van der Waals surface area contributed by atoms with E-state index in [2.05, 4.69) is 59.1 Å². The fourth-order valence-corrected chi connectivity index (χ4v) is 2.57. The summed E-state index contributed by atoms with van der Waals surface area (Å²) in [6.45, 7) is 7.14. The highest BCUT2D eigenvalue weighted by atomic mass is 79.9. The van der Waals surface area contributed by atoms with Gasteiger partial charge in [-0.2, -0.15) is 0 Å². The van der Waals surface area contributed by atoms with Crippen LogP contribution in [-0.4, -0.2) is 4.98 Å². The number of aromatic nitrogens is 1. The third kappa shape index (κ3) is 3.10. The average Bonchev–Trinajstić information content (AvgIpc) is 2.27. The molecule has 18 heavy (non-hydrogen) atoms. The zero-order valence-corrected chi connectivity index (χ0v) is 12.5. The molecule has 0 amide bonds. The predicted octanol–water partition coefficient (Wildman–Crippen LogP) is 4.38. The van der Waals surface area contributed by atoms with E-state index in [-0.39, 0.29) is 0 Å². The Labute approximate surface area is 117 Å².